The van der Waals surface area contributed by atoms with Crippen molar-refractivity contribution in [3.8, 4) is 5.75 Å². The lowest BCUT2D eigenvalue weighted by molar-refractivity contribution is -0.142. The van der Waals surface area contributed by atoms with Gasteiger partial charge in [0.1, 0.15) is 11.8 Å². The first-order valence-corrected chi connectivity index (χ1v) is 11.8. The summed E-state index contributed by atoms with van der Waals surface area (Å²) in [7, 11) is 0. The number of carbonyl (C=O) groups is 2. The van der Waals surface area contributed by atoms with Crippen LogP contribution in [0, 0.1) is 13.8 Å². The van der Waals surface area contributed by atoms with E-state index < -0.39 is 6.04 Å². The van der Waals surface area contributed by atoms with Crippen LogP contribution in [-0.2, 0) is 22.6 Å². The number of hydrogen-bond acceptors (Lipinski definition) is 3. The van der Waals surface area contributed by atoms with Crippen molar-refractivity contribution in [2.75, 3.05) is 13.2 Å². The third-order valence-corrected chi connectivity index (χ3v) is 6.13. The van der Waals surface area contributed by atoms with Gasteiger partial charge in [-0.25, -0.2) is 0 Å². The monoisotopic (exact) mass is 478 g/mol. The van der Waals surface area contributed by atoms with Crippen molar-refractivity contribution in [3.05, 3.63) is 100 Å². The zero-order valence-corrected chi connectivity index (χ0v) is 20.6. The Morgan fingerprint density at radius 1 is 0.971 bits per heavy atom. The minimum absolute atomic E-state index is 0.183. The van der Waals surface area contributed by atoms with Crippen molar-refractivity contribution >= 4 is 23.4 Å². The van der Waals surface area contributed by atoms with Crippen molar-refractivity contribution in [2.24, 2.45) is 0 Å². The van der Waals surface area contributed by atoms with Gasteiger partial charge < -0.3 is 15.0 Å². The first-order valence-electron chi connectivity index (χ1n) is 11.4. The number of rotatable bonds is 10. The standard InChI is InChI=1S/C28H31ClN2O3/c1-4-30-28(33)26(17-22-10-6-5-7-11-22)31(18-23-12-8-9-13-25(23)29)27(32)19-34-24-15-14-20(2)21(3)16-24/h5-16,26H,4,17-19H2,1-3H3,(H,30,33)/t26-/m0/s1. The number of nitrogens with zero attached hydrogens (tertiary/aromatic N) is 1. The third kappa shape index (κ3) is 6.84. The zero-order valence-electron chi connectivity index (χ0n) is 19.9. The van der Waals surface area contributed by atoms with Crippen LogP contribution in [0.1, 0.15) is 29.2 Å². The molecule has 5 nitrogen and oxygen atoms in total. The number of benzene rings is 3. The topological polar surface area (TPSA) is 58.6 Å². The normalized spacial score (nSPS) is 11.5. The lowest BCUT2D eigenvalue weighted by Gasteiger charge is -2.31. The number of likely N-dealkylation sites (N-methyl/N-ethyl adjacent to an activating group) is 1. The van der Waals surface area contributed by atoms with Crippen LogP contribution in [0.5, 0.6) is 5.75 Å². The van der Waals surface area contributed by atoms with E-state index in [1.54, 1.807) is 11.0 Å². The lowest BCUT2D eigenvalue weighted by atomic mass is 10.0. The van der Waals surface area contributed by atoms with E-state index in [9.17, 15) is 9.59 Å². The molecule has 0 unspecified atom stereocenters. The van der Waals surface area contributed by atoms with Crippen molar-refractivity contribution in [3.63, 3.8) is 0 Å². The Kier molecular flexibility index (Phi) is 9.11. The molecule has 34 heavy (non-hydrogen) atoms. The van der Waals surface area contributed by atoms with E-state index in [4.69, 9.17) is 16.3 Å². The molecule has 3 aromatic rings. The van der Waals surface area contributed by atoms with Crippen LogP contribution in [-0.4, -0.2) is 35.9 Å². The highest BCUT2D eigenvalue weighted by atomic mass is 35.5. The van der Waals surface area contributed by atoms with Gasteiger partial charge in [0.15, 0.2) is 6.61 Å². The molecule has 0 bridgehead atoms. The highest BCUT2D eigenvalue weighted by Gasteiger charge is 2.30. The van der Waals surface area contributed by atoms with Crippen molar-refractivity contribution in [2.45, 2.75) is 39.8 Å². The quantitative estimate of drug-likeness (QED) is 0.440. The average molecular weight is 479 g/mol. The van der Waals surface area contributed by atoms with Gasteiger partial charge in [0.25, 0.3) is 5.91 Å². The Balaban J connectivity index is 1.90. The summed E-state index contributed by atoms with van der Waals surface area (Å²) >= 11 is 6.41. The van der Waals surface area contributed by atoms with Gasteiger partial charge in [0.05, 0.1) is 0 Å². The summed E-state index contributed by atoms with van der Waals surface area (Å²) in [6.45, 7) is 6.37. The largest absolute Gasteiger partial charge is 0.484 e. The van der Waals surface area contributed by atoms with Crippen LogP contribution in [0.3, 0.4) is 0 Å². The molecule has 0 saturated carbocycles. The molecule has 6 heteroatoms. The second kappa shape index (κ2) is 12.2. The van der Waals surface area contributed by atoms with Crippen LogP contribution < -0.4 is 10.1 Å². The van der Waals surface area contributed by atoms with Crippen molar-refractivity contribution < 1.29 is 14.3 Å². The van der Waals surface area contributed by atoms with E-state index in [1.807, 2.05) is 87.5 Å². The molecule has 0 aliphatic rings. The molecule has 1 N–H and O–H groups in total. The molecule has 3 aromatic carbocycles. The van der Waals surface area contributed by atoms with E-state index in [-0.39, 0.29) is 25.0 Å². The first kappa shape index (κ1) is 25.3. The summed E-state index contributed by atoms with van der Waals surface area (Å²) < 4.78 is 5.84. The van der Waals surface area contributed by atoms with E-state index in [2.05, 4.69) is 5.32 Å². The molecule has 0 aromatic heterocycles. The molecule has 0 aliphatic carbocycles. The number of hydrogen-bond donors (Lipinski definition) is 1. The summed E-state index contributed by atoms with van der Waals surface area (Å²) in [5.41, 5.74) is 3.97. The number of aryl methyl sites for hydroxylation is 2. The molecule has 0 fully saturated rings. The van der Waals surface area contributed by atoms with Crippen LogP contribution in [0.15, 0.2) is 72.8 Å². The Labute approximate surface area is 206 Å². The fourth-order valence-electron chi connectivity index (χ4n) is 3.69. The Morgan fingerprint density at radius 3 is 2.35 bits per heavy atom. The van der Waals surface area contributed by atoms with Crippen LogP contribution in [0.2, 0.25) is 5.02 Å². The molecule has 178 valence electrons. The number of amides is 2. The predicted octanol–water partition coefficient (Wildman–Crippen LogP) is 5.11. The van der Waals surface area contributed by atoms with Crippen LogP contribution >= 0.6 is 11.6 Å². The SMILES string of the molecule is CCNC(=O)[C@H](Cc1ccccc1)N(Cc1ccccc1Cl)C(=O)COc1ccc(C)c(C)c1. The highest BCUT2D eigenvalue weighted by Crippen LogP contribution is 2.21. The number of carbonyl (C=O) groups excluding carboxylic acids is 2. The zero-order chi connectivity index (χ0) is 24.5. The number of nitrogens with one attached hydrogen (secondary N) is 1. The minimum Gasteiger partial charge on any atom is -0.484 e. The van der Waals surface area contributed by atoms with E-state index in [0.29, 0.717) is 23.7 Å². The Morgan fingerprint density at radius 2 is 1.68 bits per heavy atom. The van der Waals surface area contributed by atoms with E-state index >= 15 is 0 Å². The fourth-order valence-corrected chi connectivity index (χ4v) is 3.88. The van der Waals surface area contributed by atoms with Crippen LogP contribution in [0.4, 0.5) is 0 Å². The fraction of sp³-hybridized carbons (Fsp3) is 0.286. The summed E-state index contributed by atoms with van der Waals surface area (Å²) in [5, 5.41) is 3.43. The summed E-state index contributed by atoms with van der Waals surface area (Å²) in [5.74, 6) is 0.120. The van der Waals surface area contributed by atoms with Crippen LogP contribution in [0.25, 0.3) is 0 Å². The van der Waals surface area contributed by atoms with Gasteiger partial charge >= 0.3 is 0 Å². The highest BCUT2D eigenvalue weighted by molar-refractivity contribution is 6.31. The van der Waals surface area contributed by atoms with Gasteiger partial charge in [0.2, 0.25) is 5.91 Å². The smallest absolute Gasteiger partial charge is 0.261 e. The molecule has 3 rings (SSSR count). The average Bonchev–Trinajstić information content (AvgIpc) is 2.83. The molecule has 0 saturated heterocycles. The Bertz CT molecular complexity index is 1120. The summed E-state index contributed by atoms with van der Waals surface area (Å²) in [6.07, 6.45) is 0.381. The molecular weight excluding hydrogens is 448 g/mol. The van der Waals surface area contributed by atoms with Gasteiger partial charge in [-0.05, 0) is 61.2 Å². The van der Waals surface area contributed by atoms with E-state index in [1.165, 1.54) is 0 Å². The van der Waals surface area contributed by atoms with Gasteiger partial charge in [-0.3, -0.25) is 9.59 Å². The van der Waals surface area contributed by atoms with Gasteiger partial charge in [-0.15, -0.1) is 0 Å². The van der Waals surface area contributed by atoms with Gasteiger partial charge in [0, 0.05) is 24.5 Å². The van der Waals surface area contributed by atoms with Crippen molar-refractivity contribution in [1.82, 2.24) is 10.2 Å². The predicted molar refractivity (Wildman–Crippen MR) is 136 cm³/mol. The third-order valence-electron chi connectivity index (χ3n) is 5.76. The van der Waals surface area contributed by atoms with Gasteiger partial charge in [-0.2, -0.15) is 0 Å². The Hall–Kier alpha value is -3.31. The molecule has 0 heterocycles. The molecule has 0 radical (unpaired) electrons. The molecule has 2 amide bonds. The van der Waals surface area contributed by atoms with Gasteiger partial charge in [-0.1, -0.05) is 66.2 Å². The second-order valence-corrected chi connectivity index (χ2v) is 8.66. The maximum Gasteiger partial charge on any atom is 0.261 e. The summed E-state index contributed by atoms with van der Waals surface area (Å²) in [4.78, 5) is 28.2. The minimum atomic E-state index is -0.713. The molecule has 0 aliphatic heterocycles. The molecule has 0 spiro atoms. The molecule has 1 atom stereocenters. The summed E-state index contributed by atoms with van der Waals surface area (Å²) in [6, 6.07) is 22.0. The van der Waals surface area contributed by atoms with E-state index in [0.717, 1.165) is 22.3 Å². The number of ether oxygens (including phenoxy) is 1. The maximum absolute atomic E-state index is 13.5. The number of halogens is 1. The maximum atomic E-state index is 13.5. The first-order chi connectivity index (χ1) is 16.4. The second-order valence-electron chi connectivity index (χ2n) is 8.25. The lowest BCUT2D eigenvalue weighted by Crippen LogP contribution is -2.51. The molecular formula is C28H31ClN2O3. The van der Waals surface area contributed by atoms with Crippen molar-refractivity contribution in [1.29, 1.82) is 0 Å².